The molecule has 96 valence electrons. The molecule has 0 unspecified atom stereocenters. The Morgan fingerprint density at radius 1 is 1.22 bits per heavy atom. The van der Waals surface area contributed by atoms with E-state index < -0.39 is 0 Å². The van der Waals surface area contributed by atoms with Crippen molar-refractivity contribution < 1.29 is 4.52 Å². The molecule has 1 aromatic carbocycles. The lowest BCUT2D eigenvalue weighted by molar-refractivity contribution is 0.229. The van der Waals surface area contributed by atoms with Gasteiger partial charge in [-0.1, -0.05) is 21.1 Å². The topological polar surface area (TPSA) is 64.9 Å². The Bertz CT molecular complexity index is 537. The van der Waals surface area contributed by atoms with Crippen LogP contribution in [0.4, 0.5) is 0 Å². The first kappa shape index (κ1) is 13.5. The highest BCUT2D eigenvalue weighted by Crippen LogP contribution is 2.37. The molecule has 4 nitrogen and oxygen atoms in total. The molecule has 6 heteroatoms. The smallest absolute Gasteiger partial charge is 0.257 e. The van der Waals surface area contributed by atoms with E-state index >= 15 is 0 Å². The molecule has 1 aromatic heterocycles. The van der Waals surface area contributed by atoms with Gasteiger partial charge in [-0.05, 0) is 43.5 Å². The molecule has 1 aliphatic carbocycles. The van der Waals surface area contributed by atoms with Crippen LogP contribution in [-0.4, -0.2) is 10.1 Å². The Balaban J connectivity index is 0.00000120. The van der Waals surface area contributed by atoms with Crippen LogP contribution in [0.25, 0.3) is 11.5 Å². The summed E-state index contributed by atoms with van der Waals surface area (Å²) in [5.74, 6) is 1.16. The van der Waals surface area contributed by atoms with Crippen molar-refractivity contribution in [2.75, 3.05) is 0 Å². The number of halogens is 2. The predicted octanol–water partition coefficient (Wildman–Crippen LogP) is 3.26. The summed E-state index contributed by atoms with van der Waals surface area (Å²) >= 11 is 3.39. The lowest BCUT2D eigenvalue weighted by atomic mass is 9.77. The normalized spacial score (nSPS) is 16.8. The van der Waals surface area contributed by atoms with Crippen LogP contribution in [0.2, 0.25) is 0 Å². The summed E-state index contributed by atoms with van der Waals surface area (Å²) < 4.78 is 6.28. The van der Waals surface area contributed by atoms with E-state index in [1.807, 2.05) is 24.3 Å². The quantitative estimate of drug-likeness (QED) is 0.918. The molecule has 0 aliphatic heterocycles. The van der Waals surface area contributed by atoms with Crippen molar-refractivity contribution in [2.45, 2.75) is 24.8 Å². The van der Waals surface area contributed by atoms with Crippen molar-refractivity contribution in [1.82, 2.24) is 10.1 Å². The summed E-state index contributed by atoms with van der Waals surface area (Å²) in [5.41, 5.74) is 6.70. The number of hydrogen-bond donors (Lipinski definition) is 1. The van der Waals surface area contributed by atoms with E-state index in [0.29, 0.717) is 11.7 Å². The molecule has 0 radical (unpaired) electrons. The minimum absolute atomic E-state index is 0. The molecular formula is C12H13BrClN3O. The minimum Gasteiger partial charge on any atom is -0.334 e. The zero-order valence-electron chi connectivity index (χ0n) is 9.60. The summed E-state index contributed by atoms with van der Waals surface area (Å²) in [7, 11) is 0. The number of hydrogen-bond acceptors (Lipinski definition) is 4. The number of benzene rings is 1. The van der Waals surface area contributed by atoms with Crippen molar-refractivity contribution >= 4 is 28.3 Å². The van der Waals surface area contributed by atoms with Crippen molar-refractivity contribution in [2.24, 2.45) is 5.73 Å². The zero-order valence-corrected chi connectivity index (χ0v) is 12.0. The molecule has 0 bridgehead atoms. The van der Waals surface area contributed by atoms with Gasteiger partial charge in [-0.15, -0.1) is 12.4 Å². The van der Waals surface area contributed by atoms with E-state index in [4.69, 9.17) is 10.3 Å². The van der Waals surface area contributed by atoms with Crippen LogP contribution in [0.5, 0.6) is 0 Å². The molecule has 0 amide bonds. The monoisotopic (exact) mass is 329 g/mol. The lowest BCUT2D eigenvalue weighted by Crippen LogP contribution is -2.44. The molecule has 0 spiro atoms. The summed E-state index contributed by atoms with van der Waals surface area (Å²) in [6.07, 6.45) is 3.01. The van der Waals surface area contributed by atoms with Gasteiger partial charge in [-0.3, -0.25) is 0 Å². The summed E-state index contributed by atoms with van der Waals surface area (Å²) in [5, 5.41) is 3.99. The van der Waals surface area contributed by atoms with Gasteiger partial charge in [-0.2, -0.15) is 4.98 Å². The standard InChI is InChI=1S/C12H12BrN3O.ClH/c13-9-4-2-8(3-5-9)10-15-11(16-17-10)12(14)6-1-7-12;/h2-5H,1,6-7,14H2;1H. The van der Waals surface area contributed by atoms with Gasteiger partial charge in [0, 0.05) is 10.0 Å². The highest BCUT2D eigenvalue weighted by molar-refractivity contribution is 9.10. The van der Waals surface area contributed by atoms with E-state index in [-0.39, 0.29) is 17.9 Å². The van der Waals surface area contributed by atoms with Crippen molar-refractivity contribution in [3.05, 3.63) is 34.6 Å². The Morgan fingerprint density at radius 3 is 2.44 bits per heavy atom. The molecule has 1 heterocycles. The number of aromatic nitrogens is 2. The maximum Gasteiger partial charge on any atom is 0.257 e. The molecule has 2 N–H and O–H groups in total. The summed E-state index contributed by atoms with van der Waals surface area (Å²) in [6, 6.07) is 7.76. The van der Waals surface area contributed by atoms with Gasteiger partial charge >= 0.3 is 0 Å². The Hall–Kier alpha value is -0.910. The van der Waals surface area contributed by atoms with Crippen LogP contribution >= 0.6 is 28.3 Å². The van der Waals surface area contributed by atoms with Gasteiger partial charge in [0.15, 0.2) is 5.82 Å². The van der Waals surface area contributed by atoms with E-state index in [2.05, 4.69) is 26.1 Å². The van der Waals surface area contributed by atoms with Crippen molar-refractivity contribution in [3.8, 4) is 11.5 Å². The van der Waals surface area contributed by atoms with E-state index in [9.17, 15) is 0 Å². The molecule has 0 atom stereocenters. The predicted molar refractivity (Wildman–Crippen MR) is 74.4 cm³/mol. The van der Waals surface area contributed by atoms with E-state index in [1.54, 1.807) is 0 Å². The fraction of sp³-hybridized carbons (Fsp3) is 0.333. The van der Waals surface area contributed by atoms with E-state index in [1.165, 1.54) is 0 Å². The van der Waals surface area contributed by atoms with Gasteiger partial charge in [0.2, 0.25) is 0 Å². The maximum atomic E-state index is 6.15. The first-order valence-electron chi connectivity index (χ1n) is 5.56. The minimum atomic E-state index is -0.364. The van der Waals surface area contributed by atoms with Gasteiger partial charge in [-0.25, -0.2) is 0 Å². The molecule has 1 saturated carbocycles. The van der Waals surface area contributed by atoms with Crippen molar-refractivity contribution in [1.29, 1.82) is 0 Å². The van der Waals surface area contributed by atoms with Crippen LogP contribution in [0.15, 0.2) is 33.3 Å². The molecular weight excluding hydrogens is 318 g/mol. The second-order valence-electron chi connectivity index (χ2n) is 4.44. The second-order valence-corrected chi connectivity index (χ2v) is 5.36. The fourth-order valence-electron chi connectivity index (χ4n) is 1.92. The van der Waals surface area contributed by atoms with Crippen LogP contribution in [0.3, 0.4) is 0 Å². The fourth-order valence-corrected chi connectivity index (χ4v) is 2.18. The summed E-state index contributed by atoms with van der Waals surface area (Å²) in [6.45, 7) is 0. The maximum absolute atomic E-state index is 6.15. The van der Waals surface area contributed by atoms with Gasteiger partial charge in [0.05, 0.1) is 5.54 Å². The first-order valence-corrected chi connectivity index (χ1v) is 6.36. The second kappa shape index (κ2) is 4.99. The first-order chi connectivity index (χ1) is 8.17. The molecule has 1 aliphatic rings. The van der Waals surface area contributed by atoms with Gasteiger partial charge in [0.25, 0.3) is 5.89 Å². The molecule has 2 aromatic rings. The SMILES string of the molecule is Cl.NC1(c2noc(-c3ccc(Br)cc3)n2)CCC1. The van der Waals surface area contributed by atoms with Gasteiger partial charge in [0.1, 0.15) is 0 Å². The molecule has 18 heavy (non-hydrogen) atoms. The van der Waals surface area contributed by atoms with Crippen LogP contribution < -0.4 is 5.73 Å². The highest BCUT2D eigenvalue weighted by atomic mass is 79.9. The average molecular weight is 331 g/mol. The summed E-state index contributed by atoms with van der Waals surface area (Å²) in [4.78, 5) is 4.39. The molecule has 1 fully saturated rings. The number of rotatable bonds is 2. The number of nitrogens with zero attached hydrogens (tertiary/aromatic N) is 2. The molecule has 0 saturated heterocycles. The van der Waals surface area contributed by atoms with Crippen LogP contribution in [0.1, 0.15) is 25.1 Å². The van der Waals surface area contributed by atoms with Crippen molar-refractivity contribution in [3.63, 3.8) is 0 Å². The van der Waals surface area contributed by atoms with Gasteiger partial charge < -0.3 is 10.3 Å². The lowest BCUT2D eigenvalue weighted by Gasteiger charge is -2.34. The third-order valence-corrected chi connectivity index (χ3v) is 3.74. The Kier molecular flexibility index (Phi) is 3.75. The third-order valence-electron chi connectivity index (χ3n) is 3.21. The van der Waals surface area contributed by atoms with Crippen LogP contribution in [-0.2, 0) is 5.54 Å². The molecule has 3 rings (SSSR count). The zero-order chi connectivity index (χ0) is 11.9. The Labute approximate surface area is 119 Å². The number of nitrogens with two attached hydrogens (primary N) is 1. The highest BCUT2D eigenvalue weighted by Gasteiger charge is 2.39. The Morgan fingerprint density at radius 2 is 1.89 bits per heavy atom. The average Bonchev–Trinajstić information content (AvgIpc) is 2.76. The van der Waals surface area contributed by atoms with E-state index in [0.717, 1.165) is 29.3 Å². The largest absolute Gasteiger partial charge is 0.334 e. The van der Waals surface area contributed by atoms with Crippen LogP contribution in [0, 0.1) is 0 Å². The third kappa shape index (κ3) is 2.30.